The lowest BCUT2D eigenvalue weighted by Crippen LogP contribution is -2.45. The minimum atomic E-state index is -0.864. The van der Waals surface area contributed by atoms with E-state index in [1.165, 1.54) is 44.9 Å². The van der Waals surface area contributed by atoms with Gasteiger partial charge in [0.2, 0.25) is 5.91 Å². The van der Waals surface area contributed by atoms with Crippen molar-refractivity contribution in [2.75, 3.05) is 6.61 Å². The van der Waals surface area contributed by atoms with Crippen molar-refractivity contribution >= 4 is 5.91 Å². The molecule has 3 N–H and O–H groups in total. The van der Waals surface area contributed by atoms with Gasteiger partial charge in [-0.15, -0.1) is 0 Å². The summed E-state index contributed by atoms with van der Waals surface area (Å²) in [6.45, 7) is 4.10. The lowest BCUT2D eigenvalue weighted by atomic mass is 10.1. The highest BCUT2D eigenvalue weighted by atomic mass is 16.3. The molecule has 0 aliphatic heterocycles. The summed E-state index contributed by atoms with van der Waals surface area (Å²) in [6.07, 6.45) is 40.1. The fourth-order valence-corrected chi connectivity index (χ4v) is 4.09. The van der Waals surface area contributed by atoms with E-state index in [1.54, 1.807) is 6.08 Å². The number of hydrogen-bond donors (Lipinski definition) is 3. The standard InChI is InChI=1S/C34H59NO3/c1-3-5-7-9-11-13-14-15-16-17-18-19-20-22-24-26-28-30-34(38)35-32(31-36)33(37)29-27-25-23-21-12-10-8-6-4-2/h5,7,11-13,15-16,21,27,29,32-33,36-37H,3-4,6,8-10,14,17-20,22-26,28,30-31H2,1-2H3,(H,35,38)/b7-5-,13-11-,16-15-,21-12+,29-27+. The number of hydrogen-bond acceptors (Lipinski definition) is 3. The summed E-state index contributed by atoms with van der Waals surface area (Å²) in [6, 6.07) is -0.642. The van der Waals surface area contributed by atoms with Gasteiger partial charge in [0.25, 0.3) is 0 Å². The molecule has 38 heavy (non-hydrogen) atoms. The molecule has 2 unspecified atom stereocenters. The third-order valence-electron chi connectivity index (χ3n) is 6.48. The number of nitrogens with one attached hydrogen (secondary N) is 1. The van der Waals surface area contributed by atoms with Gasteiger partial charge in [0.15, 0.2) is 0 Å². The molecule has 0 aromatic rings. The first-order valence-electron chi connectivity index (χ1n) is 15.5. The molecule has 0 rings (SSSR count). The molecule has 0 aromatic carbocycles. The van der Waals surface area contributed by atoms with Gasteiger partial charge in [0, 0.05) is 6.42 Å². The molecule has 0 fully saturated rings. The minimum Gasteiger partial charge on any atom is -0.394 e. The van der Waals surface area contributed by atoms with Crippen molar-refractivity contribution in [1.29, 1.82) is 0 Å². The predicted molar refractivity (Wildman–Crippen MR) is 165 cm³/mol. The third-order valence-corrected chi connectivity index (χ3v) is 6.48. The number of carbonyl (C=O) groups excluding carboxylic acids is 1. The van der Waals surface area contributed by atoms with Gasteiger partial charge in [0.1, 0.15) is 0 Å². The maximum Gasteiger partial charge on any atom is 0.220 e. The van der Waals surface area contributed by atoms with E-state index in [0.717, 1.165) is 64.2 Å². The highest BCUT2D eigenvalue weighted by molar-refractivity contribution is 5.76. The monoisotopic (exact) mass is 529 g/mol. The molecule has 0 spiro atoms. The zero-order valence-electron chi connectivity index (χ0n) is 24.7. The SMILES string of the molecule is CC/C=C\C/C=C\C/C=C\CCCCCCCCCC(=O)NC(CO)C(O)/C=C/CC/C=C/CCCCC. The van der Waals surface area contributed by atoms with Crippen LogP contribution in [0.4, 0.5) is 0 Å². The molecule has 0 aliphatic carbocycles. The van der Waals surface area contributed by atoms with Crippen LogP contribution in [0.15, 0.2) is 60.8 Å². The van der Waals surface area contributed by atoms with Gasteiger partial charge in [-0.05, 0) is 64.2 Å². The van der Waals surface area contributed by atoms with Crippen LogP contribution in [0.3, 0.4) is 0 Å². The second kappa shape index (κ2) is 29.6. The summed E-state index contributed by atoms with van der Waals surface area (Å²) >= 11 is 0. The Hall–Kier alpha value is -1.91. The summed E-state index contributed by atoms with van der Waals surface area (Å²) in [5, 5.41) is 22.7. The van der Waals surface area contributed by atoms with Crippen LogP contribution in [0, 0.1) is 0 Å². The Morgan fingerprint density at radius 3 is 1.84 bits per heavy atom. The Labute approximate surface area is 235 Å². The molecule has 1 amide bonds. The van der Waals surface area contributed by atoms with Crippen LogP contribution in [0.5, 0.6) is 0 Å². The van der Waals surface area contributed by atoms with Gasteiger partial charge in [-0.1, -0.05) is 120 Å². The summed E-state index contributed by atoms with van der Waals surface area (Å²) in [5.74, 6) is -0.0921. The number of carbonyl (C=O) groups is 1. The van der Waals surface area contributed by atoms with Gasteiger partial charge < -0.3 is 15.5 Å². The molecule has 218 valence electrons. The maximum absolute atomic E-state index is 12.2. The van der Waals surface area contributed by atoms with Gasteiger partial charge in [-0.25, -0.2) is 0 Å². The van der Waals surface area contributed by atoms with Gasteiger partial charge in [-0.2, -0.15) is 0 Å². The molecule has 4 nitrogen and oxygen atoms in total. The summed E-state index contributed by atoms with van der Waals surface area (Å²) in [5.41, 5.74) is 0. The molecule has 2 atom stereocenters. The molecule has 0 saturated heterocycles. The molecule has 0 radical (unpaired) electrons. The predicted octanol–water partition coefficient (Wildman–Crippen LogP) is 8.67. The number of allylic oxidation sites excluding steroid dienone is 9. The molecule has 0 aliphatic rings. The number of unbranched alkanes of at least 4 members (excludes halogenated alkanes) is 11. The second-order valence-corrected chi connectivity index (χ2v) is 10.1. The molecule has 0 bridgehead atoms. The fraction of sp³-hybridized carbons (Fsp3) is 0.676. The lowest BCUT2D eigenvalue weighted by Gasteiger charge is -2.19. The van der Waals surface area contributed by atoms with E-state index in [9.17, 15) is 15.0 Å². The first kappa shape index (κ1) is 36.1. The van der Waals surface area contributed by atoms with Crippen molar-refractivity contribution in [3.8, 4) is 0 Å². The van der Waals surface area contributed by atoms with Crippen molar-refractivity contribution in [2.45, 2.75) is 142 Å². The van der Waals surface area contributed by atoms with Crippen LogP contribution in [-0.2, 0) is 4.79 Å². The fourth-order valence-electron chi connectivity index (χ4n) is 4.09. The zero-order chi connectivity index (χ0) is 27.9. The van der Waals surface area contributed by atoms with Crippen molar-refractivity contribution in [2.24, 2.45) is 0 Å². The van der Waals surface area contributed by atoms with Crippen molar-refractivity contribution in [1.82, 2.24) is 5.32 Å². The van der Waals surface area contributed by atoms with E-state index in [-0.39, 0.29) is 12.5 Å². The second-order valence-electron chi connectivity index (χ2n) is 10.1. The number of amides is 1. The average molecular weight is 530 g/mol. The Balaban J connectivity index is 3.72. The van der Waals surface area contributed by atoms with Crippen LogP contribution in [0.25, 0.3) is 0 Å². The summed E-state index contributed by atoms with van der Waals surface area (Å²) in [4.78, 5) is 12.2. The quantitative estimate of drug-likeness (QED) is 0.0775. The van der Waals surface area contributed by atoms with E-state index in [4.69, 9.17) is 0 Å². The largest absolute Gasteiger partial charge is 0.394 e. The highest BCUT2D eigenvalue weighted by Crippen LogP contribution is 2.11. The number of aliphatic hydroxyl groups is 2. The third kappa shape index (κ3) is 25.7. The average Bonchev–Trinajstić information content (AvgIpc) is 2.92. The van der Waals surface area contributed by atoms with Crippen LogP contribution < -0.4 is 5.32 Å². The number of aliphatic hydroxyl groups excluding tert-OH is 2. The van der Waals surface area contributed by atoms with E-state index >= 15 is 0 Å². The Morgan fingerprint density at radius 2 is 1.18 bits per heavy atom. The molecular formula is C34H59NO3. The van der Waals surface area contributed by atoms with Crippen LogP contribution in [0.2, 0.25) is 0 Å². The van der Waals surface area contributed by atoms with Gasteiger partial charge in [-0.3, -0.25) is 4.79 Å². The first-order valence-corrected chi connectivity index (χ1v) is 15.5. The Morgan fingerprint density at radius 1 is 0.658 bits per heavy atom. The topological polar surface area (TPSA) is 69.6 Å². The smallest absolute Gasteiger partial charge is 0.220 e. The molecule has 0 saturated carbocycles. The minimum absolute atomic E-state index is 0.0921. The molecule has 0 heterocycles. The summed E-state index contributed by atoms with van der Waals surface area (Å²) < 4.78 is 0. The van der Waals surface area contributed by atoms with Crippen LogP contribution in [-0.4, -0.2) is 34.9 Å². The molecular weight excluding hydrogens is 470 g/mol. The van der Waals surface area contributed by atoms with E-state index in [2.05, 4.69) is 67.8 Å². The number of rotatable bonds is 26. The van der Waals surface area contributed by atoms with Crippen molar-refractivity contribution in [3.63, 3.8) is 0 Å². The first-order chi connectivity index (χ1) is 18.7. The summed E-state index contributed by atoms with van der Waals surface area (Å²) in [7, 11) is 0. The van der Waals surface area contributed by atoms with Crippen molar-refractivity contribution in [3.05, 3.63) is 60.8 Å². The van der Waals surface area contributed by atoms with Crippen LogP contribution >= 0.6 is 0 Å². The molecule has 4 heteroatoms. The Kier molecular flexibility index (Phi) is 28.2. The van der Waals surface area contributed by atoms with E-state index in [1.807, 2.05) is 6.08 Å². The van der Waals surface area contributed by atoms with E-state index in [0.29, 0.717) is 6.42 Å². The zero-order valence-corrected chi connectivity index (χ0v) is 24.7. The normalized spacial score (nSPS) is 14.1. The highest BCUT2D eigenvalue weighted by Gasteiger charge is 2.17. The molecule has 0 aromatic heterocycles. The van der Waals surface area contributed by atoms with Gasteiger partial charge in [0.05, 0.1) is 18.8 Å². The lowest BCUT2D eigenvalue weighted by molar-refractivity contribution is -0.123. The van der Waals surface area contributed by atoms with Gasteiger partial charge >= 0.3 is 0 Å². The maximum atomic E-state index is 12.2. The van der Waals surface area contributed by atoms with Crippen LogP contribution in [0.1, 0.15) is 129 Å². The van der Waals surface area contributed by atoms with E-state index < -0.39 is 12.1 Å². The van der Waals surface area contributed by atoms with Crippen molar-refractivity contribution < 1.29 is 15.0 Å². The Bertz CT molecular complexity index is 663.